The lowest BCUT2D eigenvalue weighted by Gasteiger charge is -2.07. The minimum Gasteiger partial charge on any atom is -0.481 e. The fraction of sp³-hybridized carbons (Fsp3) is 0.0588. The Bertz CT molecular complexity index is 1470. The second-order valence-electron chi connectivity index (χ2n) is 8.80. The Hall–Kier alpha value is -6.16. The van der Waals surface area contributed by atoms with E-state index in [-0.39, 0.29) is 0 Å². The zero-order valence-corrected chi connectivity index (χ0v) is 24.1. The van der Waals surface area contributed by atoms with Gasteiger partial charge in [0.25, 0.3) is 11.9 Å². The summed E-state index contributed by atoms with van der Waals surface area (Å²) in [6.45, 7) is 2.17. The largest absolute Gasteiger partial charge is 0.481 e. The maximum absolute atomic E-state index is 9.00. The number of pyridine rings is 6. The molecule has 6 rings (SSSR count). The SMILES string of the molecule is CC(=O)O.CC(=O)O.c1cncc(-c2cccnc2-c2cccnc2)c1.c1cncc(-c2cccnc2-c2cccnc2)c1. The van der Waals surface area contributed by atoms with E-state index in [0.29, 0.717) is 0 Å². The predicted octanol–water partition coefficient (Wildman–Crippen LogP) is 6.59. The van der Waals surface area contributed by atoms with Gasteiger partial charge in [0, 0.05) is 109 Å². The van der Waals surface area contributed by atoms with E-state index in [4.69, 9.17) is 19.8 Å². The first-order valence-corrected chi connectivity index (χ1v) is 13.3. The topological polar surface area (TPSA) is 152 Å². The highest BCUT2D eigenvalue weighted by Gasteiger charge is 2.09. The number of rotatable bonds is 4. The summed E-state index contributed by atoms with van der Waals surface area (Å²) in [4.78, 5) is 43.5. The second kappa shape index (κ2) is 17.6. The Balaban J connectivity index is 0.000000194. The zero-order chi connectivity index (χ0) is 31.6. The maximum Gasteiger partial charge on any atom is 0.300 e. The van der Waals surface area contributed by atoms with Crippen molar-refractivity contribution in [2.45, 2.75) is 13.8 Å². The molecule has 0 unspecified atom stereocenters. The molecule has 6 heterocycles. The summed E-state index contributed by atoms with van der Waals surface area (Å²) in [5, 5.41) is 14.8. The molecule has 0 aliphatic heterocycles. The van der Waals surface area contributed by atoms with Gasteiger partial charge in [-0.1, -0.05) is 24.3 Å². The minimum absolute atomic E-state index is 0.833. The van der Waals surface area contributed by atoms with E-state index < -0.39 is 11.9 Å². The standard InChI is InChI=1S/2C15H11N3.2C2H4O2/c2*1-4-12(10-16-7-1)14-6-3-9-18-15(14)13-5-2-8-17-11-13;2*1-2(3)4/h2*1-11H;2*1H3,(H,3,4). The van der Waals surface area contributed by atoms with Crippen LogP contribution in [0.4, 0.5) is 0 Å². The van der Waals surface area contributed by atoms with Crippen LogP contribution in [0.1, 0.15) is 13.8 Å². The predicted molar refractivity (Wildman–Crippen MR) is 168 cm³/mol. The van der Waals surface area contributed by atoms with Gasteiger partial charge in [0.15, 0.2) is 0 Å². The van der Waals surface area contributed by atoms with E-state index in [1.54, 1.807) is 37.2 Å². The van der Waals surface area contributed by atoms with Crippen LogP contribution in [0.15, 0.2) is 135 Å². The van der Waals surface area contributed by atoms with Gasteiger partial charge in [-0.2, -0.15) is 0 Å². The van der Waals surface area contributed by atoms with Gasteiger partial charge in [-0.3, -0.25) is 39.5 Å². The van der Waals surface area contributed by atoms with Crippen LogP contribution in [0, 0.1) is 0 Å². The number of carboxylic acid groups (broad SMARTS) is 2. The fourth-order valence-electron chi connectivity index (χ4n) is 3.79. The molecule has 44 heavy (non-hydrogen) atoms. The lowest BCUT2D eigenvalue weighted by Crippen LogP contribution is -1.89. The van der Waals surface area contributed by atoms with Gasteiger partial charge in [-0.05, 0) is 48.5 Å². The van der Waals surface area contributed by atoms with E-state index in [9.17, 15) is 0 Å². The van der Waals surface area contributed by atoms with E-state index in [1.165, 1.54) is 0 Å². The minimum atomic E-state index is -0.833. The van der Waals surface area contributed by atoms with Crippen molar-refractivity contribution >= 4 is 11.9 Å². The van der Waals surface area contributed by atoms with Crippen LogP contribution in [0.5, 0.6) is 0 Å². The summed E-state index contributed by atoms with van der Waals surface area (Å²) in [7, 11) is 0. The Morgan fingerprint density at radius 1 is 0.455 bits per heavy atom. The molecule has 0 aliphatic carbocycles. The summed E-state index contributed by atoms with van der Waals surface area (Å²) in [6.07, 6.45) is 18.0. The first kappa shape index (κ1) is 32.4. The Kier molecular flexibility index (Phi) is 12.9. The third-order valence-corrected chi connectivity index (χ3v) is 5.43. The number of hydrogen-bond acceptors (Lipinski definition) is 8. The third-order valence-electron chi connectivity index (χ3n) is 5.43. The molecular formula is C34H30N6O4. The molecule has 0 radical (unpaired) electrons. The van der Waals surface area contributed by atoms with Crippen molar-refractivity contribution in [3.8, 4) is 44.8 Å². The third kappa shape index (κ3) is 10.7. The number of nitrogens with zero attached hydrogens (tertiary/aromatic N) is 6. The summed E-state index contributed by atoms with van der Waals surface area (Å²) in [5.74, 6) is -1.67. The number of carboxylic acids is 2. The number of aliphatic carboxylic acids is 2. The van der Waals surface area contributed by atoms with Crippen molar-refractivity contribution in [1.29, 1.82) is 0 Å². The molecule has 0 saturated heterocycles. The van der Waals surface area contributed by atoms with Crippen molar-refractivity contribution in [2.24, 2.45) is 0 Å². The highest BCUT2D eigenvalue weighted by atomic mass is 16.4. The molecule has 0 fully saturated rings. The molecule has 2 N–H and O–H groups in total. The molecule has 6 aromatic rings. The number of aromatic nitrogens is 6. The van der Waals surface area contributed by atoms with Crippen LogP contribution in [-0.2, 0) is 9.59 Å². The van der Waals surface area contributed by atoms with Gasteiger partial charge in [-0.25, -0.2) is 0 Å². The van der Waals surface area contributed by atoms with Crippen LogP contribution in [0.3, 0.4) is 0 Å². The Labute approximate surface area is 254 Å². The molecule has 0 bridgehead atoms. The molecule has 6 aromatic heterocycles. The van der Waals surface area contributed by atoms with Gasteiger partial charge in [0.05, 0.1) is 11.4 Å². The van der Waals surface area contributed by atoms with Crippen LogP contribution in [-0.4, -0.2) is 52.1 Å². The van der Waals surface area contributed by atoms with Crippen molar-refractivity contribution in [3.63, 3.8) is 0 Å². The van der Waals surface area contributed by atoms with Crippen molar-refractivity contribution in [2.75, 3.05) is 0 Å². The zero-order valence-electron chi connectivity index (χ0n) is 24.1. The highest BCUT2D eigenvalue weighted by molar-refractivity contribution is 5.80. The van der Waals surface area contributed by atoms with E-state index in [1.807, 2.05) is 97.6 Å². The monoisotopic (exact) mass is 586 g/mol. The van der Waals surface area contributed by atoms with Crippen LogP contribution in [0.25, 0.3) is 44.8 Å². The lowest BCUT2D eigenvalue weighted by atomic mass is 10.0. The Morgan fingerprint density at radius 2 is 0.727 bits per heavy atom. The summed E-state index contributed by atoms with van der Waals surface area (Å²) < 4.78 is 0. The molecule has 220 valence electrons. The van der Waals surface area contributed by atoms with Gasteiger partial charge in [-0.15, -0.1) is 0 Å². The Morgan fingerprint density at radius 3 is 1.00 bits per heavy atom. The van der Waals surface area contributed by atoms with E-state index in [2.05, 4.69) is 29.9 Å². The van der Waals surface area contributed by atoms with Crippen molar-refractivity contribution in [3.05, 3.63) is 135 Å². The molecule has 0 aromatic carbocycles. The number of hydrogen-bond donors (Lipinski definition) is 2. The maximum atomic E-state index is 9.00. The highest BCUT2D eigenvalue weighted by Crippen LogP contribution is 2.29. The molecule has 0 amide bonds. The fourth-order valence-corrected chi connectivity index (χ4v) is 3.79. The van der Waals surface area contributed by atoms with Crippen molar-refractivity contribution in [1.82, 2.24) is 29.9 Å². The van der Waals surface area contributed by atoms with Gasteiger partial charge < -0.3 is 10.2 Å². The van der Waals surface area contributed by atoms with Crippen LogP contribution < -0.4 is 0 Å². The van der Waals surface area contributed by atoms with E-state index in [0.717, 1.165) is 58.6 Å². The smallest absolute Gasteiger partial charge is 0.300 e. The van der Waals surface area contributed by atoms with Crippen molar-refractivity contribution < 1.29 is 19.8 Å². The molecular weight excluding hydrogens is 556 g/mol. The normalized spacial score (nSPS) is 9.50. The van der Waals surface area contributed by atoms with Gasteiger partial charge in [0.1, 0.15) is 0 Å². The van der Waals surface area contributed by atoms with Gasteiger partial charge in [0.2, 0.25) is 0 Å². The quantitative estimate of drug-likeness (QED) is 0.231. The summed E-state index contributed by atoms with van der Waals surface area (Å²) in [5.41, 5.74) is 8.14. The first-order valence-electron chi connectivity index (χ1n) is 13.3. The second-order valence-corrected chi connectivity index (χ2v) is 8.80. The van der Waals surface area contributed by atoms with E-state index >= 15 is 0 Å². The van der Waals surface area contributed by atoms with Crippen LogP contribution in [0.2, 0.25) is 0 Å². The lowest BCUT2D eigenvalue weighted by molar-refractivity contribution is -0.135. The first-order chi connectivity index (χ1) is 21.4. The van der Waals surface area contributed by atoms with Gasteiger partial charge >= 0.3 is 0 Å². The molecule has 0 spiro atoms. The van der Waals surface area contributed by atoms with Crippen LogP contribution >= 0.6 is 0 Å². The molecule has 0 aliphatic rings. The molecule has 0 saturated carbocycles. The molecule has 0 atom stereocenters. The average Bonchev–Trinajstić information content (AvgIpc) is 3.06. The average molecular weight is 587 g/mol. The molecule has 10 nitrogen and oxygen atoms in total. The number of carbonyl (C=O) groups is 2. The summed E-state index contributed by atoms with van der Waals surface area (Å²) >= 11 is 0. The molecule has 10 heteroatoms. The summed E-state index contributed by atoms with van der Waals surface area (Å²) in [6, 6.07) is 23.7.